The van der Waals surface area contributed by atoms with Crippen LogP contribution in [0, 0.1) is 0 Å². The number of para-hydroxylation sites is 2. The Labute approximate surface area is 120 Å². The van der Waals surface area contributed by atoms with Gasteiger partial charge in [0, 0.05) is 0 Å². The van der Waals surface area contributed by atoms with E-state index in [9.17, 15) is 0 Å². The zero-order chi connectivity index (χ0) is 14.1. The minimum Gasteiger partial charge on any atom is -0.455 e. The molecule has 0 saturated heterocycles. The Balaban J connectivity index is 1.79. The van der Waals surface area contributed by atoms with Gasteiger partial charge in [0.1, 0.15) is 17.5 Å². The number of nitrogens with zero attached hydrogens (tertiary/aromatic N) is 2. The third-order valence-electron chi connectivity index (χ3n) is 3.08. The lowest BCUT2D eigenvalue weighted by molar-refractivity contribution is 0.487. The van der Waals surface area contributed by atoms with Gasteiger partial charge in [-0.15, -0.1) is 0 Å². The smallest absolute Gasteiger partial charge is 0.262 e. The third-order valence-corrected chi connectivity index (χ3v) is 3.08. The Morgan fingerprint density at radius 3 is 2.71 bits per heavy atom. The number of aromatic nitrogens is 3. The minimum atomic E-state index is 0.455. The second-order valence-electron chi connectivity index (χ2n) is 4.49. The number of fused-ring (bicyclic) bond motifs is 1. The van der Waals surface area contributed by atoms with E-state index in [1.54, 1.807) is 6.20 Å². The Morgan fingerprint density at radius 1 is 1.00 bits per heavy atom. The van der Waals surface area contributed by atoms with Crippen LogP contribution in [0.3, 0.4) is 0 Å². The summed E-state index contributed by atoms with van der Waals surface area (Å²) in [5.74, 6) is 2.49. The van der Waals surface area contributed by atoms with Crippen molar-refractivity contribution in [3.05, 3.63) is 61.0 Å². The maximum Gasteiger partial charge on any atom is 0.262 e. The van der Waals surface area contributed by atoms with E-state index in [1.807, 2.05) is 48.5 Å². The lowest BCUT2D eigenvalue weighted by Gasteiger charge is -2.05. The number of oxazole rings is 1. The average Bonchev–Trinajstić information content (AvgIpc) is 3.18. The number of hydrogen-bond donors (Lipinski definition) is 1. The van der Waals surface area contributed by atoms with Crippen LogP contribution in [0.2, 0.25) is 0 Å². The quantitative estimate of drug-likeness (QED) is 0.614. The number of ether oxygens (including phenoxy) is 1. The molecule has 0 fully saturated rings. The SMILES string of the molecule is c1ccc(Oc2cccc3[nH]c(-c4ncco4)nc23)cc1. The maximum absolute atomic E-state index is 5.89. The summed E-state index contributed by atoms with van der Waals surface area (Å²) in [7, 11) is 0. The molecule has 0 aliphatic heterocycles. The summed E-state index contributed by atoms with van der Waals surface area (Å²) in [4.78, 5) is 11.8. The van der Waals surface area contributed by atoms with Gasteiger partial charge >= 0.3 is 0 Å². The van der Waals surface area contributed by atoms with Gasteiger partial charge in [0.15, 0.2) is 11.6 Å². The lowest BCUT2D eigenvalue weighted by atomic mass is 10.3. The van der Waals surface area contributed by atoms with E-state index in [2.05, 4.69) is 15.0 Å². The molecule has 21 heavy (non-hydrogen) atoms. The maximum atomic E-state index is 5.89. The summed E-state index contributed by atoms with van der Waals surface area (Å²) in [5, 5.41) is 0. The van der Waals surface area contributed by atoms with Crippen LogP contribution >= 0.6 is 0 Å². The van der Waals surface area contributed by atoms with Crippen molar-refractivity contribution in [2.75, 3.05) is 0 Å². The van der Waals surface area contributed by atoms with E-state index in [0.717, 1.165) is 16.8 Å². The molecule has 1 N–H and O–H groups in total. The summed E-state index contributed by atoms with van der Waals surface area (Å²) in [5.41, 5.74) is 1.62. The number of H-pyrrole nitrogens is 1. The monoisotopic (exact) mass is 277 g/mol. The van der Waals surface area contributed by atoms with E-state index in [4.69, 9.17) is 9.15 Å². The minimum absolute atomic E-state index is 0.455. The summed E-state index contributed by atoms with van der Waals surface area (Å²) in [6.45, 7) is 0. The molecule has 0 spiro atoms. The van der Waals surface area contributed by atoms with Gasteiger partial charge in [0.2, 0.25) is 0 Å². The molecule has 0 aliphatic carbocycles. The highest BCUT2D eigenvalue weighted by atomic mass is 16.5. The zero-order valence-electron chi connectivity index (χ0n) is 11.0. The van der Waals surface area contributed by atoms with E-state index in [1.165, 1.54) is 6.26 Å². The normalized spacial score (nSPS) is 10.9. The van der Waals surface area contributed by atoms with Crippen LogP contribution in [0.15, 0.2) is 65.4 Å². The molecule has 2 aromatic heterocycles. The first-order valence-electron chi connectivity index (χ1n) is 6.52. The van der Waals surface area contributed by atoms with Crippen molar-refractivity contribution >= 4 is 11.0 Å². The number of nitrogens with one attached hydrogen (secondary N) is 1. The van der Waals surface area contributed by atoms with Crippen LogP contribution in [0.4, 0.5) is 0 Å². The van der Waals surface area contributed by atoms with Gasteiger partial charge in [-0.2, -0.15) is 0 Å². The van der Waals surface area contributed by atoms with Gasteiger partial charge in [0.05, 0.1) is 11.7 Å². The molecule has 102 valence electrons. The van der Waals surface area contributed by atoms with Gasteiger partial charge < -0.3 is 14.1 Å². The van der Waals surface area contributed by atoms with Crippen molar-refractivity contribution < 1.29 is 9.15 Å². The fourth-order valence-corrected chi connectivity index (χ4v) is 2.15. The predicted octanol–water partition coefficient (Wildman–Crippen LogP) is 4.01. The van der Waals surface area contributed by atoms with Crippen molar-refractivity contribution in [2.24, 2.45) is 0 Å². The lowest BCUT2D eigenvalue weighted by Crippen LogP contribution is -1.85. The van der Waals surface area contributed by atoms with Crippen LogP contribution in [-0.4, -0.2) is 15.0 Å². The first-order valence-corrected chi connectivity index (χ1v) is 6.52. The highest BCUT2D eigenvalue weighted by Gasteiger charge is 2.12. The van der Waals surface area contributed by atoms with Gasteiger partial charge in [0.25, 0.3) is 5.89 Å². The highest BCUT2D eigenvalue weighted by molar-refractivity contribution is 5.84. The van der Waals surface area contributed by atoms with Crippen LogP contribution < -0.4 is 4.74 Å². The van der Waals surface area contributed by atoms with E-state index in [0.29, 0.717) is 17.5 Å². The van der Waals surface area contributed by atoms with E-state index < -0.39 is 0 Å². The summed E-state index contributed by atoms with van der Waals surface area (Å²) >= 11 is 0. The van der Waals surface area contributed by atoms with Crippen molar-refractivity contribution in [3.63, 3.8) is 0 Å². The average molecular weight is 277 g/mol. The fraction of sp³-hybridized carbons (Fsp3) is 0. The molecule has 5 heteroatoms. The van der Waals surface area contributed by atoms with Crippen LogP contribution in [0.25, 0.3) is 22.7 Å². The van der Waals surface area contributed by atoms with Gasteiger partial charge in [-0.1, -0.05) is 24.3 Å². The molecular weight excluding hydrogens is 266 g/mol. The standard InChI is InChI=1S/C16H11N3O2/c1-2-5-11(6-3-1)21-13-8-4-7-12-14(13)19-15(18-12)16-17-9-10-20-16/h1-10H,(H,18,19). The number of benzene rings is 2. The van der Waals surface area contributed by atoms with Crippen LogP contribution in [0.1, 0.15) is 0 Å². The largest absolute Gasteiger partial charge is 0.455 e. The van der Waals surface area contributed by atoms with Crippen molar-refractivity contribution in [1.29, 1.82) is 0 Å². The summed E-state index contributed by atoms with van der Waals surface area (Å²) < 4.78 is 11.2. The van der Waals surface area contributed by atoms with Gasteiger partial charge in [-0.3, -0.25) is 0 Å². The molecule has 0 unspecified atom stereocenters. The van der Waals surface area contributed by atoms with Crippen molar-refractivity contribution in [1.82, 2.24) is 15.0 Å². The molecule has 0 amide bonds. The second-order valence-corrected chi connectivity index (χ2v) is 4.49. The molecule has 2 heterocycles. The van der Waals surface area contributed by atoms with Crippen molar-refractivity contribution in [3.8, 4) is 23.2 Å². The van der Waals surface area contributed by atoms with Crippen LogP contribution in [-0.2, 0) is 0 Å². The van der Waals surface area contributed by atoms with Crippen molar-refractivity contribution in [2.45, 2.75) is 0 Å². The van der Waals surface area contributed by atoms with E-state index in [-0.39, 0.29) is 0 Å². The Kier molecular flexibility index (Phi) is 2.67. The number of hydrogen-bond acceptors (Lipinski definition) is 4. The van der Waals surface area contributed by atoms with Gasteiger partial charge in [-0.05, 0) is 24.3 Å². The summed E-state index contributed by atoms with van der Waals surface area (Å²) in [6, 6.07) is 15.3. The number of rotatable bonds is 3. The molecule has 2 aromatic carbocycles. The molecule has 0 atom stereocenters. The molecule has 0 bridgehead atoms. The van der Waals surface area contributed by atoms with Crippen LogP contribution in [0.5, 0.6) is 11.5 Å². The predicted molar refractivity (Wildman–Crippen MR) is 78.1 cm³/mol. The molecule has 0 radical (unpaired) electrons. The second kappa shape index (κ2) is 4.79. The third kappa shape index (κ3) is 2.14. The molecule has 0 aliphatic rings. The molecule has 4 aromatic rings. The van der Waals surface area contributed by atoms with Gasteiger partial charge in [-0.25, -0.2) is 9.97 Å². The molecule has 5 nitrogen and oxygen atoms in total. The molecule has 4 rings (SSSR count). The highest BCUT2D eigenvalue weighted by Crippen LogP contribution is 2.30. The molecular formula is C16H11N3O2. The topological polar surface area (TPSA) is 63.9 Å². The summed E-state index contributed by atoms with van der Waals surface area (Å²) in [6.07, 6.45) is 3.10. The molecule has 0 saturated carbocycles. The Bertz CT molecular complexity index is 867. The first-order chi connectivity index (χ1) is 10.4. The zero-order valence-corrected chi connectivity index (χ0v) is 11.0. The number of imidazole rings is 1. The Morgan fingerprint density at radius 2 is 1.90 bits per heavy atom. The first kappa shape index (κ1) is 11.7. The number of aromatic amines is 1. The fourth-order valence-electron chi connectivity index (χ4n) is 2.15. The Hall–Kier alpha value is -3.08. The van der Waals surface area contributed by atoms with E-state index >= 15 is 0 Å².